The molecule has 1 heterocycles. The lowest BCUT2D eigenvalue weighted by molar-refractivity contribution is 0.288. The van der Waals surface area contributed by atoms with E-state index in [0.29, 0.717) is 28.3 Å². The molecule has 1 aromatic heterocycles. The Labute approximate surface area is 180 Å². The second-order valence-corrected chi connectivity index (χ2v) is 8.47. The number of thioether (sulfide) groups is 1. The molecule has 0 bridgehead atoms. The molecule has 0 aliphatic carbocycles. The fraction of sp³-hybridized carbons (Fsp3) is 0.333. The first-order chi connectivity index (χ1) is 13.5. The van der Waals surface area contributed by atoms with Gasteiger partial charge in [0.1, 0.15) is 12.4 Å². The number of benzene rings is 2. The third-order valence-electron chi connectivity index (χ3n) is 4.40. The molecule has 148 valence electrons. The van der Waals surface area contributed by atoms with Gasteiger partial charge in [0.15, 0.2) is 11.0 Å². The van der Waals surface area contributed by atoms with Crippen molar-refractivity contribution in [2.45, 2.75) is 50.8 Å². The van der Waals surface area contributed by atoms with Crippen LogP contribution in [0.2, 0.25) is 10.0 Å². The number of hydrogen-bond acceptors (Lipinski definition) is 4. The standard InChI is InChI=1S/C21H23Cl2N3OS/c1-4-26-20(12-27-18-9-6-15(7-10-18)14(2)3)24-25-21(26)28-13-16-5-8-17(22)11-19(16)23/h5-11,14H,4,12-13H2,1-3H3. The van der Waals surface area contributed by atoms with Crippen LogP contribution in [0.15, 0.2) is 47.6 Å². The van der Waals surface area contributed by atoms with Crippen molar-refractivity contribution >= 4 is 35.0 Å². The Kier molecular flexibility index (Phi) is 7.27. The van der Waals surface area contributed by atoms with E-state index in [-0.39, 0.29) is 0 Å². The van der Waals surface area contributed by atoms with Crippen LogP contribution >= 0.6 is 35.0 Å². The van der Waals surface area contributed by atoms with Gasteiger partial charge in [0.2, 0.25) is 0 Å². The van der Waals surface area contributed by atoms with Crippen LogP contribution in [0.25, 0.3) is 0 Å². The zero-order valence-electron chi connectivity index (χ0n) is 16.2. The van der Waals surface area contributed by atoms with Gasteiger partial charge in [-0.05, 0) is 48.2 Å². The number of ether oxygens (including phenoxy) is 1. The minimum Gasteiger partial charge on any atom is -0.486 e. The van der Waals surface area contributed by atoms with Gasteiger partial charge >= 0.3 is 0 Å². The molecule has 4 nitrogen and oxygen atoms in total. The van der Waals surface area contributed by atoms with Gasteiger partial charge in [-0.1, -0.05) is 67.0 Å². The molecule has 0 aliphatic rings. The van der Waals surface area contributed by atoms with E-state index in [0.717, 1.165) is 28.8 Å². The molecule has 3 aromatic rings. The maximum atomic E-state index is 6.26. The van der Waals surface area contributed by atoms with E-state index in [4.69, 9.17) is 27.9 Å². The minimum absolute atomic E-state index is 0.379. The number of halogens is 2. The van der Waals surface area contributed by atoms with Gasteiger partial charge in [-0.15, -0.1) is 10.2 Å². The lowest BCUT2D eigenvalue weighted by atomic mass is 10.0. The Bertz CT molecular complexity index is 926. The fourth-order valence-electron chi connectivity index (χ4n) is 2.73. The Morgan fingerprint density at radius 2 is 1.82 bits per heavy atom. The molecule has 2 aromatic carbocycles. The van der Waals surface area contributed by atoms with E-state index in [2.05, 4.69) is 47.7 Å². The van der Waals surface area contributed by atoms with E-state index >= 15 is 0 Å². The summed E-state index contributed by atoms with van der Waals surface area (Å²) < 4.78 is 7.98. The van der Waals surface area contributed by atoms with Crippen molar-refractivity contribution < 1.29 is 4.74 Å². The zero-order valence-corrected chi connectivity index (χ0v) is 18.5. The summed E-state index contributed by atoms with van der Waals surface area (Å²) in [6.07, 6.45) is 0. The minimum atomic E-state index is 0.379. The van der Waals surface area contributed by atoms with E-state index in [1.807, 2.05) is 24.3 Å². The van der Waals surface area contributed by atoms with Crippen LogP contribution in [0.1, 0.15) is 43.6 Å². The summed E-state index contributed by atoms with van der Waals surface area (Å²) in [6, 6.07) is 13.7. The van der Waals surface area contributed by atoms with Crippen molar-refractivity contribution in [2.24, 2.45) is 0 Å². The second-order valence-electron chi connectivity index (χ2n) is 6.68. The van der Waals surface area contributed by atoms with E-state index in [1.165, 1.54) is 5.56 Å². The monoisotopic (exact) mass is 435 g/mol. The first kappa shape index (κ1) is 21.0. The maximum Gasteiger partial charge on any atom is 0.191 e. The predicted molar refractivity (Wildman–Crippen MR) is 117 cm³/mol. The quantitative estimate of drug-likeness (QED) is 0.373. The topological polar surface area (TPSA) is 39.9 Å². The molecule has 0 saturated carbocycles. The lowest BCUT2D eigenvalue weighted by Gasteiger charge is -2.10. The van der Waals surface area contributed by atoms with Crippen molar-refractivity contribution in [2.75, 3.05) is 0 Å². The van der Waals surface area contributed by atoms with E-state index in [9.17, 15) is 0 Å². The molecule has 0 N–H and O–H groups in total. The Hall–Kier alpha value is -1.69. The molecule has 0 fully saturated rings. The first-order valence-electron chi connectivity index (χ1n) is 9.19. The summed E-state index contributed by atoms with van der Waals surface area (Å²) in [6.45, 7) is 7.58. The average molecular weight is 436 g/mol. The van der Waals surface area contributed by atoms with Crippen molar-refractivity contribution in [1.82, 2.24) is 14.8 Å². The lowest BCUT2D eigenvalue weighted by Crippen LogP contribution is -2.07. The van der Waals surface area contributed by atoms with Gasteiger partial charge in [0.05, 0.1) is 0 Å². The van der Waals surface area contributed by atoms with Gasteiger partial charge in [0.25, 0.3) is 0 Å². The van der Waals surface area contributed by atoms with Gasteiger partial charge < -0.3 is 9.30 Å². The molecule has 0 saturated heterocycles. The summed E-state index contributed by atoms with van der Waals surface area (Å²) in [5.74, 6) is 2.84. The van der Waals surface area contributed by atoms with E-state index < -0.39 is 0 Å². The Morgan fingerprint density at radius 3 is 2.46 bits per heavy atom. The van der Waals surface area contributed by atoms with Crippen LogP contribution < -0.4 is 4.74 Å². The van der Waals surface area contributed by atoms with Crippen molar-refractivity contribution in [3.8, 4) is 5.75 Å². The average Bonchev–Trinajstić information content (AvgIpc) is 3.07. The smallest absolute Gasteiger partial charge is 0.191 e. The summed E-state index contributed by atoms with van der Waals surface area (Å²) in [7, 11) is 0. The third kappa shape index (κ3) is 5.22. The first-order valence-corrected chi connectivity index (χ1v) is 10.9. The van der Waals surface area contributed by atoms with Gasteiger partial charge in [-0.25, -0.2) is 0 Å². The molecule has 0 atom stereocenters. The fourth-order valence-corrected chi connectivity index (χ4v) is 4.31. The Morgan fingerprint density at radius 1 is 1.07 bits per heavy atom. The van der Waals surface area contributed by atoms with Crippen molar-refractivity contribution in [3.05, 3.63) is 69.5 Å². The molecule has 3 rings (SSSR count). The molecule has 0 aliphatic heterocycles. The predicted octanol–water partition coefficient (Wildman–Crippen LogP) is 6.60. The molecule has 28 heavy (non-hydrogen) atoms. The normalized spacial score (nSPS) is 11.2. The number of aromatic nitrogens is 3. The third-order valence-corrected chi connectivity index (χ3v) is 6.00. The van der Waals surface area contributed by atoms with Gasteiger partial charge in [-0.2, -0.15) is 0 Å². The van der Waals surface area contributed by atoms with Crippen LogP contribution in [0, 0.1) is 0 Å². The van der Waals surface area contributed by atoms with Crippen LogP contribution in [-0.4, -0.2) is 14.8 Å². The summed E-state index contributed by atoms with van der Waals surface area (Å²) in [4.78, 5) is 0. The highest BCUT2D eigenvalue weighted by molar-refractivity contribution is 7.98. The summed E-state index contributed by atoms with van der Waals surface area (Å²) in [5.41, 5.74) is 2.31. The molecule has 0 spiro atoms. The molecule has 0 radical (unpaired) electrons. The van der Waals surface area contributed by atoms with Gasteiger partial charge in [0, 0.05) is 22.3 Å². The second kappa shape index (κ2) is 9.68. The highest BCUT2D eigenvalue weighted by Gasteiger charge is 2.13. The van der Waals surface area contributed by atoms with Crippen molar-refractivity contribution in [3.63, 3.8) is 0 Å². The molecular formula is C21H23Cl2N3OS. The number of rotatable bonds is 8. The van der Waals surface area contributed by atoms with Crippen LogP contribution in [0.4, 0.5) is 0 Å². The molecule has 0 amide bonds. The number of hydrogen-bond donors (Lipinski definition) is 0. The summed E-state index contributed by atoms with van der Waals surface area (Å²) in [5, 5.41) is 10.8. The SMILES string of the molecule is CCn1c(COc2ccc(C(C)C)cc2)nnc1SCc1ccc(Cl)cc1Cl. The number of nitrogens with zero attached hydrogens (tertiary/aromatic N) is 3. The Balaban J connectivity index is 1.64. The molecular weight excluding hydrogens is 413 g/mol. The van der Waals surface area contributed by atoms with E-state index in [1.54, 1.807) is 17.8 Å². The van der Waals surface area contributed by atoms with Crippen LogP contribution in [0.3, 0.4) is 0 Å². The van der Waals surface area contributed by atoms with Gasteiger partial charge in [-0.3, -0.25) is 0 Å². The summed E-state index contributed by atoms with van der Waals surface area (Å²) >= 11 is 13.8. The van der Waals surface area contributed by atoms with Crippen LogP contribution in [0.5, 0.6) is 5.75 Å². The van der Waals surface area contributed by atoms with Crippen LogP contribution in [-0.2, 0) is 18.9 Å². The molecule has 7 heteroatoms. The highest BCUT2D eigenvalue weighted by atomic mass is 35.5. The van der Waals surface area contributed by atoms with Crippen molar-refractivity contribution in [1.29, 1.82) is 0 Å². The maximum absolute atomic E-state index is 6.26. The zero-order chi connectivity index (χ0) is 20.1. The highest BCUT2D eigenvalue weighted by Crippen LogP contribution is 2.28. The molecule has 0 unspecified atom stereocenters. The largest absolute Gasteiger partial charge is 0.486 e.